The fourth-order valence-corrected chi connectivity index (χ4v) is 8.07. The second-order valence-corrected chi connectivity index (χ2v) is 12.9. The first-order valence-corrected chi connectivity index (χ1v) is 13.5. The Morgan fingerprint density at radius 3 is 2.33 bits per heavy atom. The molecule has 0 radical (unpaired) electrons. The minimum Gasteiger partial charge on any atom is -0.458 e. The second-order valence-electron chi connectivity index (χ2n) is 12.9. The number of ether oxygens (including phenoxy) is 2. The van der Waals surface area contributed by atoms with Crippen molar-refractivity contribution < 1.29 is 34.4 Å². The fourth-order valence-electron chi connectivity index (χ4n) is 8.07. The number of rotatable bonds is 4. The number of carbonyl (C=O) groups excluding carboxylic acids is 2. The van der Waals surface area contributed by atoms with Gasteiger partial charge in [0.2, 0.25) is 0 Å². The number of aliphatic hydroxyl groups excluding tert-OH is 2. The molecule has 3 N–H and O–H groups in total. The van der Waals surface area contributed by atoms with E-state index < -0.39 is 63.6 Å². The maximum atomic E-state index is 13.8. The highest BCUT2D eigenvalue weighted by Gasteiger charge is 2.81. The number of esters is 1. The summed E-state index contributed by atoms with van der Waals surface area (Å²) < 4.78 is 12.4. The van der Waals surface area contributed by atoms with Gasteiger partial charge in [0.15, 0.2) is 11.4 Å². The van der Waals surface area contributed by atoms with Gasteiger partial charge in [-0.3, -0.25) is 14.5 Å². The Bertz CT molecular complexity index is 898. The lowest BCUT2D eigenvalue weighted by molar-refractivity contribution is -0.370. The van der Waals surface area contributed by atoms with Crippen LogP contribution < -0.4 is 0 Å². The molecule has 204 valence electrons. The summed E-state index contributed by atoms with van der Waals surface area (Å²) in [6, 6.07) is 0. The van der Waals surface area contributed by atoms with E-state index >= 15 is 0 Å². The van der Waals surface area contributed by atoms with Gasteiger partial charge in [0.25, 0.3) is 0 Å². The average Bonchev–Trinajstić information content (AvgIpc) is 3.06. The van der Waals surface area contributed by atoms with Crippen LogP contribution in [-0.4, -0.2) is 86.7 Å². The van der Waals surface area contributed by atoms with Crippen molar-refractivity contribution >= 4 is 11.8 Å². The molecule has 0 bridgehead atoms. The molecule has 4 fully saturated rings. The molecule has 0 aromatic heterocycles. The lowest BCUT2D eigenvalue weighted by atomic mass is 9.40. The number of ketones is 1. The van der Waals surface area contributed by atoms with Gasteiger partial charge in [-0.25, -0.2) is 0 Å². The first-order chi connectivity index (χ1) is 16.7. The molecule has 2 aliphatic heterocycles. The minimum atomic E-state index is -2.20. The predicted octanol–water partition coefficient (Wildman–Crippen LogP) is 2.38. The third kappa shape index (κ3) is 3.90. The van der Waals surface area contributed by atoms with Crippen molar-refractivity contribution in [3.05, 3.63) is 12.7 Å². The third-order valence-electron chi connectivity index (χ3n) is 10.1. The molecule has 0 aromatic carbocycles. The highest BCUT2D eigenvalue weighted by Crippen LogP contribution is 2.67. The SMILES string of the molecule is C=C[C@@]1(C)CC(=O)[C@]2(O)[C@@]3(C)[C@@H](O)CCC(C)(C)[C@@H]3[C@H](OC(=O)CN3CCCCCC3)[C@H](O)[C@@]2(C)O1. The van der Waals surface area contributed by atoms with Crippen molar-refractivity contribution in [1.29, 1.82) is 0 Å². The molecular formula is C28H45NO7. The van der Waals surface area contributed by atoms with E-state index in [4.69, 9.17) is 9.47 Å². The molecule has 0 unspecified atom stereocenters. The summed E-state index contributed by atoms with van der Waals surface area (Å²) in [5.41, 5.74) is -7.12. The largest absolute Gasteiger partial charge is 0.458 e. The highest BCUT2D eigenvalue weighted by molar-refractivity contribution is 5.92. The molecule has 2 saturated heterocycles. The van der Waals surface area contributed by atoms with Crippen LogP contribution in [0.2, 0.25) is 0 Å². The van der Waals surface area contributed by atoms with E-state index in [0.29, 0.717) is 12.8 Å². The van der Waals surface area contributed by atoms with E-state index in [-0.39, 0.29) is 13.0 Å². The fraction of sp³-hybridized carbons (Fsp3) is 0.857. The van der Waals surface area contributed by atoms with Crippen molar-refractivity contribution in [2.24, 2.45) is 16.7 Å². The lowest BCUT2D eigenvalue weighted by Gasteiger charge is -2.71. The molecule has 2 aliphatic carbocycles. The van der Waals surface area contributed by atoms with Crippen LogP contribution in [0.25, 0.3) is 0 Å². The van der Waals surface area contributed by atoms with Crippen LogP contribution in [0.3, 0.4) is 0 Å². The van der Waals surface area contributed by atoms with Crippen LogP contribution >= 0.6 is 0 Å². The molecular weight excluding hydrogens is 462 g/mol. The maximum Gasteiger partial charge on any atom is 0.320 e. The standard InChI is InChI=1S/C28H45NO7/c1-7-25(4)16-19(31)28(34)26(5)18(30)12-13-24(2,3)22(26)21(23(33)27(28,6)36-25)35-20(32)17-29-14-10-8-9-11-15-29/h7,18,21-23,30,33-34H,1,8-17H2,2-6H3/t18-,21-,22-,23-,25-,26-,27+,28-/m0/s1. The number of likely N-dealkylation sites (tertiary alicyclic amines) is 1. The van der Waals surface area contributed by atoms with E-state index in [2.05, 4.69) is 11.5 Å². The number of hydrogen-bond donors (Lipinski definition) is 3. The average molecular weight is 508 g/mol. The van der Waals surface area contributed by atoms with Gasteiger partial charge in [0, 0.05) is 17.8 Å². The maximum absolute atomic E-state index is 13.8. The Morgan fingerprint density at radius 2 is 1.75 bits per heavy atom. The van der Waals surface area contributed by atoms with Crippen LogP contribution in [0, 0.1) is 16.7 Å². The van der Waals surface area contributed by atoms with Crippen LogP contribution in [0.5, 0.6) is 0 Å². The van der Waals surface area contributed by atoms with Gasteiger partial charge in [-0.2, -0.15) is 0 Å². The number of hydrogen-bond acceptors (Lipinski definition) is 8. The highest BCUT2D eigenvalue weighted by atomic mass is 16.6. The van der Waals surface area contributed by atoms with Gasteiger partial charge in [-0.1, -0.05) is 39.7 Å². The Morgan fingerprint density at radius 1 is 1.14 bits per heavy atom. The van der Waals surface area contributed by atoms with Crippen LogP contribution in [0.1, 0.15) is 79.6 Å². The van der Waals surface area contributed by atoms with Crippen molar-refractivity contribution in [2.75, 3.05) is 19.6 Å². The monoisotopic (exact) mass is 507 g/mol. The third-order valence-corrected chi connectivity index (χ3v) is 10.1. The van der Waals surface area contributed by atoms with Gasteiger partial charge in [0.05, 0.1) is 18.2 Å². The number of Topliss-reactive ketones (excluding diaryl/α,β-unsaturated/α-hetero) is 1. The molecule has 0 spiro atoms. The Hall–Kier alpha value is -1.32. The molecule has 2 saturated carbocycles. The molecule has 0 aromatic rings. The van der Waals surface area contributed by atoms with E-state index in [1.165, 1.54) is 13.0 Å². The zero-order valence-electron chi connectivity index (χ0n) is 22.6. The Balaban J connectivity index is 1.78. The van der Waals surface area contributed by atoms with Crippen molar-refractivity contribution in [1.82, 2.24) is 4.90 Å². The smallest absolute Gasteiger partial charge is 0.320 e. The number of carbonyl (C=O) groups is 2. The zero-order valence-corrected chi connectivity index (χ0v) is 22.6. The van der Waals surface area contributed by atoms with Crippen LogP contribution in [-0.2, 0) is 19.1 Å². The molecule has 8 nitrogen and oxygen atoms in total. The predicted molar refractivity (Wildman–Crippen MR) is 134 cm³/mol. The van der Waals surface area contributed by atoms with Gasteiger partial charge >= 0.3 is 5.97 Å². The van der Waals surface area contributed by atoms with E-state index in [0.717, 1.165) is 38.8 Å². The van der Waals surface area contributed by atoms with E-state index in [9.17, 15) is 24.9 Å². The van der Waals surface area contributed by atoms with Gasteiger partial charge < -0.3 is 24.8 Å². The topological polar surface area (TPSA) is 117 Å². The second kappa shape index (κ2) is 9.16. The van der Waals surface area contributed by atoms with Crippen molar-refractivity contribution in [2.45, 2.75) is 115 Å². The molecule has 8 heteroatoms. The molecule has 2 heterocycles. The molecule has 0 amide bonds. The number of aliphatic hydroxyl groups is 3. The molecule has 4 rings (SSSR count). The van der Waals surface area contributed by atoms with Crippen molar-refractivity contribution in [3.63, 3.8) is 0 Å². The normalized spacial score (nSPS) is 47.3. The Labute approximate surface area is 215 Å². The van der Waals surface area contributed by atoms with Gasteiger partial charge in [-0.15, -0.1) is 6.58 Å². The zero-order chi connectivity index (χ0) is 26.7. The first kappa shape index (κ1) is 27.7. The quantitative estimate of drug-likeness (QED) is 0.392. The van der Waals surface area contributed by atoms with Crippen LogP contribution in [0.15, 0.2) is 12.7 Å². The summed E-state index contributed by atoms with van der Waals surface area (Å²) >= 11 is 0. The summed E-state index contributed by atoms with van der Waals surface area (Å²) in [6.45, 7) is 14.4. The van der Waals surface area contributed by atoms with Gasteiger partial charge in [-0.05, 0) is 58.0 Å². The first-order valence-electron chi connectivity index (χ1n) is 13.5. The summed E-state index contributed by atoms with van der Waals surface area (Å²) in [4.78, 5) is 29.2. The number of fused-ring (bicyclic) bond motifs is 3. The van der Waals surface area contributed by atoms with Crippen molar-refractivity contribution in [3.8, 4) is 0 Å². The van der Waals surface area contributed by atoms with E-state index in [1.54, 1.807) is 13.8 Å². The summed E-state index contributed by atoms with van der Waals surface area (Å²) in [7, 11) is 0. The Kier molecular flexibility index (Phi) is 7.05. The lowest BCUT2D eigenvalue weighted by Crippen LogP contribution is -2.86. The van der Waals surface area contributed by atoms with E-state index in [1.807, 2.05) is 13.8 Å². The van der Waals surface area contributed by atoms with Crippen LogP contribution in [0.4, 0.5) is 0 Å². The molecule has 8 atom stereocenters. The molecule has 36 heavy (non-hydrogen) atoms. The summed E-state index contributed by atoms with van der Waals surface area (Å²) in [5, 5.41) is 35.6. The van der Waals surface area contributed by atoms with Gasteiger partial charge in [0.1, 0.15) is 17.8 Å². The molecule has 4 aliphatic rings. The minimum absolute atomic E-state index is 0.112. The number of nitrogens with zero attached hydrogens (tertiary/aromatic N) is 1. The summed E-state index contributed by atoms with van der Waals surface area (Å²) in [5.74, 6) is -1.64. The summed E-state index contributed by atoms with van der Waals surface area (Å²) in [6.07, 6.45) is 3.03.